The largest absolute Gasteiger partial charge is 0.351 e. The molecule has 1 heterocycles. The smallest absolute Gasteiger partial charge is 0.262 e. The Morgan fingerprint density at radius 2 is 2.10 bits per heavy atom. The Bertz CT molecular complexity index is 518. The molecule has 1 aromatic heterocycles. The molecule has 1 saturated carbocycles. The highest BCUT2D eigenvalue weighted by Gasteiger charge is 2.21. The summed E-state index contributed by atoms with van der Waals surface area (Å²) in [5, 5.41) is 4.98. The molecule has 1 aliphatic carbocycles. The van der Waals surface area contributed by atoms with Crippen molar-refractivity contribution in [2.24, 2.45) is 17.6 Å². The second kappa shape index (κ2) is 8.21. The van der Waals surface area contributed by atoms with E-state index in [4.69, 9.17) is 5.73 Å². The Balaban J connectivity index is 1.84. The van der Waals surface area contributed by atoms with Crippen LogP contribution in [-0.4, -0.2) is 19.0 Å². The lowest BCUT2D eigenvalue weighted by Crippen LogP contribution is -2.31. The fraction of sp³-hybridized carbons (Fsp3) is 0.588. The van der Waals surface area contributed by atoms with E-state index < -0.39 is 0 Å². The van der Waals surface area contributed by atoms with E-state index in [2.05, 4.69) is 24.1 Å². The molecule has 0 aliphatic heterocycles. The summed E-state index contributed by atoms with van der Waals surface area (Å²) in [5.74, 6) is 7.30. The molecule has 1 fully saturated rings. The third-order valence-corrected chi connectivity index (χ3v) is 5.20. The molecule has 114 valence electrons. The van der Waals surface area contributed by atoms with Crippen LogP contribution < -0.4 is 11.1 Å². The van der Waals surface area contributed by atoms with Crippen LogP contribution >= 0.6 is 11.3 Å². The normalized spacial score (nSPS) is 21.4. The van der Waals surface area contributed by atoms with Gasteiger partial charge >= 0.3 is 0 Å². The molecular formula is C17H24N2OS. The fourth-order valence-corrected chi connectivity index (χ4v) is 3.66. The van der Waals surface area contributed by atoms with Crippen molar-refractivity contribution in [1.82, 2.24) is 5.32 Å². The van der Waals surface area contributed by atoms with Crippen molar-refractivity contribution in [2.75, 3.05) is 13.1 Å². The molecule has 1 aromatic rings. The molecule has 3 N–H and O–H groups in total. The van der Waals surface area contributed by atoms with Crippen LogP contribution in [-0.2, 0) is 0 Å². The van der Waals surface area contributed by atoms with Crippen molar-refractivity contribution < 1.29 is 4.79 Å². The molecule has 0 unspecified atom stereocenters. The lowest BCUT2D eigenvalue weighted by molar-refractivity contribution is 0.0945. The summed E-state index contributed by atoms with van der Waals surface area (Å²) < 4.78 is 0. The number of hydrogen-bond acceptors (Lipinski definition) is 3. The van der Waals surface area contributed by atoms with Crippen LogP contribution in [0.4, 0.5) is 0 Å². The minimum atomic E-state index is 0.00364. The van der Waals surface area contributed by atoms with E-state index in [9.17, 15) is 4.79 Å². The van der Waals surface area contributed by atoms with Crippen LogP contribution in [0.5, 0.6) is 0 Å². The zero-order valence-electron chi connectivity index (χ0n) is 12.7. The first-order valence-electron chi connectivity index (χ1n) is 7.79. The molecule has 0 saturated heterocycles. The summed E-state index contributed by atoms with van der Waals surface area (Å²) in [6.45, 7) is 3.38. The molecule has 2 rings (SSSR count). The van der Waals surface area contributed by atoms with Gasteiger partial charge in [-0.2, -0.15) is 0 Å². The Morgan fingerprint density at radius 1 is 1.38 bits per heavy atom. The average Bonchev–Trinajstić information content (AvgIpc) is 2.99. The summed E-state index contributed by atoms with van der Waals surface area (Å²) in [7, 11) is 0. The molecule has 4 heteroatoms. The van der Waals surface area contributed by atoms with Crippen molar-refractivity contribution in [1.29, 1.82) is 0 Å². The van der Waals surface area contributed by atoms with Crippen molar-refractivity contribution in [3.05, 3.63) is 21.9 Å². The van der Waals surface area contributed by atoms with Gasteiger partial charge in [0.15, 0.2) is 0 Å². The number of hydrogen-bond donors (Lipinski definition) is 2. The minimum absolute atomic E-state index is 0.00364. The first-order valence-corrected chi connectivity index (χ1v) is 8.67. The van der Waals surface area contributed by atoms with E-state index in [1.165, 1.54) is 43.4 Å². The molecule has 0 bridgehead atoms. The zero-order valence-corrected chi connectivity index (χ0v) is 13.5. The number of nitrogens with one attached hydrogen (secondary N) is 1. The van der Waals surface area contributed by atoms with Crippen LogP contribution in [0.3, 0.4) is 0 Å². The van der Waals surface area contributed by atoms with Crippen LogP contribution in [0.25, 0.3) is 0 Å². The SMILES string of the molecule is CCC1CCC(CNC(=O)c2sccc2C#CCN)CC1. The second-order valence-electron chi connectivity index (χ2n) is 5.67. The number of rotatable bonds is 4. The molecule has 21 heavy (non-hydrogen) atoms. The first-order chi connectivity index (χ1) is 10.2. The highest BCUT2D eigenvalue weighted by Crippen LogP contribution is 2.30. The van der Waals surface area contributed by atoms with E-state index in [0.717, 1.165) is 18.0 Å². The van der Waals surface area contributed by atoms with Crippen molar-refractivity contribution in [3.8, 4) is 11.8 Å². The van der Waals surface area contributed by atoms with Gasteiger partial charge in [0.2, 0.25) is 0 Å². The van der Waals surface area contributed by atoms with Gasteiger partial charge in [0.1, 0.15) is 4.88 Å². The monoisotopic (exact) mass is 304 g/mol. The third kappa shape index (κ3) is 4.59. The summed E-state index contributed by atoms with van der Waals surface area (Å²) >= 11 is 1.44. The van der Waals surface area contributed by atoms with Crippen LogP contribution in [0, 0.1) is 23.7 Å². The number of carbonyl (C=O) groups excluding carboxylic acids is 1. The Labute approximate surface area is 131 Å². The van der Waals surface area contributed by atoms with Gasteiger partial charge in [0.25, 0.3) is 5.91 Å². The quantitative estimate of drug-likeness (QED) is 0.840. The fourth-order valence-electron chi connectivity index (χ4n) is 2.89. The molecule has 0 radical (unpaired) electrons. The van der Waals surface area contributed by atoms with Gasteiger partial charge in [0.05, 0.1) is 6.54 Å². The first kappa shape index (κ1) is 16.1. The summed E-state index contributed by atoms with van der Waals surface area (Å²) in [6, 6.07) is 1.88. The molecular weight excluding hydrogens is 280 g/mol. The number of carbonyl (C=O) groups is 1. The number of thiophene rings is 1. The van der Waals surface area contributed by atoms with Gasteiger partial charge in [-0.3, -0.25) is 4.79 Å². The van der Waals surface area contributed by atoms with E-state index in [-0.39, 0.29) is 5.91 Å². The topological polar surface area (TPSA) is 55.1 Å². The van der Waals surface area contributed by atoms with Gasteiger partial charge in [-0.1, -0.05) is 38.0 Å². The van der Waals surface area contributed by atoms with Crippen molar-refractivity contribution in [2.45, 2.75) is 39.0 Å². The van der Waals surface area contributed by atoms with Gasteiger partial charge in [0, 0.05) is 12.1 Å². The maximum atomic E-state index is 12.3. The van der Waals surface area contributed by atoms with E-state index >= 15 is 0 Å². The van der Waals surface area contributed by atoms with Crippen molar-refractivity contribution >= 4 is 17.2 Å². The van der Waals surface area contributed by atoms with Crippen LogP contribution in [0.1, 0.15) is 54.3 Å². The predicted molar refractivity (Wildman–Crippen MR) is 88.3 cm³/mol. The highest BCUT2D eigenvalue weighted by atomic mass is 32.1. The van der Waals surface area contributed by atoms with Gasteiger partial charge in [-0.15, -0.1) is 11.3 Å². The van der Waals surface area contributed by atoms with E-state index in [1.807, 2.05) is 11.4 Å². The van der Waals surface area contributed by atoms with Gasteiger partial charge in [-0.05, 0) is 36.1 Å². The van der Waals surface area contributed by atoms with Crippen LogP contribution in [0.15, 0.2) is 11.4 Å². The molecule has 1 aliphatic rings. The van der Waals surface area contributed by atoms with E-state index in [0.29, 0.717) is 17.3 Å². The number of nitrogens with two attached hydrogens (primary N) is 1. The van der Waals surface area contributed by atoms with Crippen molar-refractivity contribution in [3.63, 3.8) is 0 Å². The Morgan fingerprint density at radius 3 is 2.76 bits per heavy atom. The number of amides is 1. The summed E-state index contributed by atoms with van der Waals surface area (Å²) in [5.41, 5.74) is 6.17. The van der Waals surface area contributed by atoms with E-state index in [1.54, 1.807) is 0 Å². The highest BCUT2D eigenvalue weighted by molar-refractivity contribution is 7.12. The maximum Gasteiger partial charge on any atom is 0.262 e. The van der Waals surface area contributed by atoms with Crippen LogP contribution in [0.2, 0.25) is 0 Å². The third-order valence-electron chi connectivity index (χ3n) is 4.29. The molecule has 0 aromatic carbocycles. The predicted octanol–water partition coefficient (Wildman–Crippen LogP) is 3.00. The standard InChI is InChI=1S/C17H24N2OS/c1-2-13-5-7-14(8-6-13)12-19-17(20)16-15(4-3-10-18)9-11-21-16/h9,11,13-14H,2,5-8,10,12,18H2,1H3,(H,19,20). The van der Waals surface area contributed by atoms with Gasteiger partial charge < -0.3 is 11.1 Å². The Hall–Kier alpha value is -1.31. The maximum absolute atomic E-state index is 12.3. The van der Waals surface area contributed by atoms with Gasteiger partial charge in [-0.25, -0.2) is 0 Å². The average molecular weight is 304 g/mol. The lowest BCUT2D eigenvalue weighted by Gasteiger charge is -2.27. The molecule has 1 amide bonds. The molecule has 0 atom stereocenters. The second-order valence-corrected chi connectivity index (χ2v) is 6.59. The molecule has 3 nitrogen and oxygen atoms in total. The zero-order chi connectivity index (χ0) is 15.1. The Kier molecular flexibility index (Phi) is 6.28. The molecule has 0 spiro atoms. The lowest BCUT2D eigenvalue weighted by atomic mass is 9.81. The summed E-state index contributed by atoms with van der Waals surface area (Å²) in [6.07, 6.45) is 6.39. The summed E-state index contributed by atoms with van der Waals surface area (Å²) in [4.78, 5) is 13.0. The minimum Gasteiger partial charge on any atom is -0.351 e.